The van der Waals surface area contributed by atoms with Crippen LogP contribution in [0, 0.1) is 6.92 Å². The van der Waals surface area contributed by atoms with Gasteiger partial charge in [0.25, 0.3) is 0 Å². The van der Waals surface area contributed by atoms with Crippen LogP contribution in [0.15, 0.2) is 30.6 Å². The molecule has 2 nitrogen and oxygen atoms in total. The Morgan fingerprint density at radius 2 is 2.12 bits per heavy atom. The summed E-state index contributed by atoms with van der Waals surface area (Å²) in [5.41, 5.74) is 1.37. The topological polar surface area (TPSA) is 17.0 Å². The van der Waals surface area contributed by atoms with Crippen LogP contribution in [0.4, 0.5) is 0 Å². The molecule has 2 aromatic rings. The molecule has 0 unspecified atom stereocenters. The Morgan fingerprint density at radius 1 is 1.24 bits per heavy atom. The largest absolute Gasteiger partial charge is 0.354 e. The Labute approximate surface area is 107 Å². The smallest absolute Gasteiger partial charge is 0.0303 e. The molecule has 2 aromatic heterocycles. The van der Waals surface area contributed by atoms with E-state index >= 15 is 0 Å². The number of nitrogens with one attached hydrogen (secondary N) is 1. The lowest BCUT2D eigenvalue weighted by atomic mass is 10.3. The lowest BCUT2D eigenvalue weighted by Gasteiger charge is -2.01. The van der Waals surface area contributed by atoms with Gasteiger partial charge in [-0.05, 0) is 37.1 Å². The lowest BCUT2D eigenvalue weighted by molar-refractivity contribution is 0.670. The van der Waals surface area contributed by atoms with Gasteiger partial charge in [0.2, 0.25) is 0 Å². The molecule has 0 amide bonds. The number of rotatable bonds is 6. The van der Waals surface area contributed by atoms with E-state index in [0.717, 1.165) is 19.6 Å². The van der Waals surface area contributed by atoms with Gasteiger partial charge in [-0.15, -0.1) is 11.3 Å². The highest BCUT2D eigenvalue weighted by Crippen LogP contribution is 2.14. The Hall–Kier alpha value is -1.06. The molecule has 0 saturated heterocycles. The van der Waals surface area contributed by atoms with Crippen LogP contribution in [-0.2, 0) is 19.6 Å². The third-order valence-corrected chi connectivity index (χ3v) is 3.72. The number of aryl methyl sites for hydroxylation is 2. The Balaban J connectivity index is 1.77. The summed E-state index contributed by atoms with van der Waals surface area (Å²) < 4.78 is 2.26. The van der Waals surface area contributed by atoms with Crippen LogP contribution in [0.1, 0.15) is 28.7 Å². The fourth-order valence-electron chi connectivity index (χ4n) is 1.90. The maximum absolute atomic E-state index is 3.48. The normalized spacial score (nSPS) is 10.9. The Morgan fingerprint density at radius 3 is 2.82 bits per heavy atom. The van der Waals surface area contributed by atoms with E-state index < -0.39 is 0 Å². The zero-order chi connectivity index (χ0) is 12.1. The monoisotopic (exact) mass is 248 g/mol. The SMILES string of the molecule is CCCn1ccc(CNCc2ccc(C)s2)c1. The van der Waals surface area contributed by atoms with Gasteiger partial charge < -0.3 is 9.88 Å². The van der Waals surface area contributed by atoms with Crippen molar-refractivity contribution < 1.29 is 0 Å². The summed E-state index contributed by atoms with van der Waals surface area (Å²) in [6, 6.07) is 6.58. The molecule has 0 atom stereocenters. The molecule has 0 fully saturated rings. The maximum Gasteiger partial charge on any atom is 0.0303 e. The number of nitrogens with zero attached hydrogens (tertiary/aromatic N) is 1. The minimum Gasteiger partial charge on any atom is -0.354 e. The first-order chi connectivity index (χ1) is 8.28. The van der Waals surface area contributed by atoms with Gasteiger partial charge in [0.05, 0.1) is 0 Å². The second-order valence-corrected chi connectivity index (χ2v) is 5.75. The van der Waals surface area contributed by atoms with Crippen molar-refractivity contribution in [1.29, 1.82) is 0 Å². The van der Waals surface area contributed by atoms with Gasteiger partial charge >= 0.3 is 0 Å². The predicted molar refractivity (Wildman–Crippen MR) is 74.3 cm³/mol. The van der Waals surface area contributed by atoms with Crippen LogP contribution in [0.5, 0.6) is 0 Å². The molecular formula is C14H20N2S. The average Bonchev–Trinajstić information content (AvgIpc) is 2.89. The first-order valence-electron chi connectivity index (χ1n) is 6.18. The van der Waals surface area contributed by atoms with E-state index in [0.29, 0.717) is 0 Å². The average molecular weight is 248 g/mol. The highest BCUT2D eigenvalue weighted by molar-refractivity contribution is 7.11. The molecule has 0 spiro atoms. The first-order valence-corrected chi connectivity index (χ1v) is 7.00. The van der Waals surface area contributed by atoms with Crippen LogP contribution < -0.4 is 5.32 Å². The summed E-state index contributed by atoms with van der Waals surface area (Å²) in [5.74, 6) is 0. The van der Waals surface area contributed by atoms with Crippen LogP contribution in [0.3, 0.4) is 0 Å². The van der Waals surface area contributed by atoms with Crippen LogP contribution in [0.2, 0.25) is 0 Å². The molecule has 3 heteroatoms. The van der Waals surface area contributed by atoms with Gasteiger partial charge in [-0.1, -0.05) is 6.92 Å². The van der Waals surface area contributed by atoms with Gasteiger partial charge in [0, 0.05) is 41.8 Å². The first kappa shape index (κ1) is 12.4. The van der Waals surface area contributed by atoms with E-state index in [1.54, 1.807) is 0 Å². The van der Waals surface area contributed by atoms with Crippen molar-refractivity contribution in [1.82, 2.24) is 9.88 Å². The summed E-state index contributed by atoms with van der Waals surface area (Å²) in [7, 11) is 0. The van der Waals surface area contributed by atoms with Gasteiger partial charge in [-0.25, -0.2) is 0 Å². The molecule has 0 bridgehead atoms. The molecule has 0 radical (unpaired) electrons. The zero-order valence-corrected chi connectivity index (χ0v) is 11.4. The third kappa shape index (κ3) is 3.72. The Kier molecular flexibility index (Phi) is 4.40. The Bertz CT molecular complexity index is 456. The van der Waals surface area contributed by atoms with Crippen molar-refractivity contribution >= 4 is 11.3 Å². The number of hydrogen-bond donors (Lipinski definition) is 1. The molecular weight excluding hydrogens is 228 g/mol. The zero-order valence-electron chi connectivity index (χ0n) is 10.6. The maximum atomic E-state index is 3.48. The fraction of sp³-hybridized carbons (Fsp3) is 0.429. The van der Waals surface area contributed by atoms with E-state index in [2.05, 4.69) is 54.3 Å². The molecule has 0 saturated carbocycles. The second-order valence-electron chi connectivity index (χ2n) is 4.37. The van der Waals surface area contributed by atoms with E-state index in [1.807, 2.05) is 11.3 Å². The van der Waals surface area contributed by atoms with Crippen molar-refractivity contribution in [3.05, 3.63) is 45.9 Å². The summed E-state index contributed by atoms with van der Waals surface area (Å²) in [6.07, 6.45) is 5.59. The fourth-order valence-corrected chi connectivity index (χ4v) is 2.76. The quantitative estimate of drug-likeness (QED) is 0.827. The van der Waals surface area contributed by atoms with Gasteiger partial charge in [0.15, 0.2) is 0 Å². The number of aromatic nitrogens is 1. The highest BCUT2D eigenvalue weighted by Gasteiger charge is 1.98. The standard InChI is InChI=1S/C14H20N2S/c1-3-7-16-8-6-13(11-16)9-15-10-14-5-4-12(2)17-14/h4-6,8,11,15H,3,7,9-10H2,1-2H3. The van der Waals surface area contributed by atoms with Crippen molar-refractivity contribution in [2.45, 2.75) is 39.9 Å². The van der Waals surface area contributed by atoms with Crippen molar-refractivity contribution in [3.8, 4) is 0 Å². The minimum absolute atomic E-state index is 0.952. The molecule has 1 N–H and O–H groups in total. The van der Waals surface area contributed by atoms with Crippen LogP contribution in [0.25, 0.3) is 0 Å². The number of hydrogen-bond acceptors (Lipinski definition) is 2. The van der Waals surface area contributed by atoms with Gasteiger partial charge in [-0.3, -0.25) is 0 Å². The molecule has 0 aliphatic rings. The van der Waals surface area contributed by atoms with Crippen molar-refractivity contribution in [2.75, 3.05) is 0 Å². The van der Waals surface area contributed by atoms with Crippen molar-refractivity contribution in [3.63, 3.8) is 0 Å². The summed E-state index contributed by atoms with van der Waals surface area (Å²) in [6.45, 7) is 7.39. The third-order valence-electron chi connectivity index (χ3n) is 2.72. The summed E-state index contributed by atoms with van der Waals surface area (Å²) in [5, 5.41) is 3.48. The van der Waals surface area contributed by atoms with Gasteiger partial charge in [-0.2, -0.15) is 0 Å². The van der Waals surface area contributed by atoms with Crippen LogP contribution in [-0.4, -0.2) is 4.57 Å². The minimum atomic E-state index is 0.952. The predicted octanol–water partition coefficient (Wildman–Crippen LogP) is 3.56. The van der Waals surface area contributed by atoms with E-state index in [1.165, 1.54) is 21.7 Å². The molecule has 92 valence electrons. The van der Waals surface area contributed by atoms with Crippen LogP contribution >= 0.6 is 11.3 Å². The highest BCUT2D eigenvalue weighted by atomic mass is 32.1. The lowest BCUT2D eigenvalue weighted by Crippen LogP contribution is -2.11. The molecule has 0 aliphatic heterocycles. The molecule has 17 heavy (non-hydrogen) atoms. The molecule has 0 aliphatic carbocycles. The van der Waals surface area contributed by atoms with E-state index in [-0.39, 0.29) is 0 Å². The van der Waals surface area contributed by atoms with Gasteiger partial charge in [0.1, 0.15) is 0 Å². The molecule has 0 aromatic carbocycles. The second kappa shape index (κ2) is 6.03. The molecule has 2 rings (SSSR count). The van der Waals surface area contributed by atoms with E-state index in [9.17, 15) is 0 Å². The summed E-state index contributed by atoms with van der Waals surface area (Å²) in [4.78, 5) is 2.80. The molecule has 2 heterocycles. The van der Waals surface area contributed by atoms with E-state index in [4.69, 9.17) is 0 Å². The summed E-state index contributed by atoms with van der Waals surface area (Å²) >= 11 is 1.87. The number of thiophene rings is 1. The van der Waals surface area contributed by atoms with Crippen molar-refractivity contribution in [2.24, 2.45) is 0 Å².